The Morgan fingerprint density at radius 2 is 1.81 bits per heavy atom. The van der Waals surface area contributed by atoms with Gasteiger partial charge in [0.1, 0.15) is 5.82 Å². The van der Waals surface area contributed by atoms with Crippen molar-refractivity contribution in [2.45, 2.75) is 17.2 Å². The Morgan fingerprint density at radius 1 is 1.12 bits per heavy atom. The van der Waals surface area contributed by atoms with Gasteiger partial charge < -0.3 is 5.32 Å². The fourth-order valence-electron chi connectivity index (χ4n) is 2.12. The number of hydrogen-bond donors (Lipinski definition) is 1. The lowest BCUT2D eigenvalue weighted by Crippen LogP contribution is -2.24. The summed E-state index contributed by atoms with van der Waals surface area (Å²) in [6.45, 7) is 0.343. The Labute approximate surface area is 157 Å². The highest BCUT2D eigenvalue weighted by atomic mass is 32.2. The first kappa shape index (κ1) is 20.4. The summed E-state index contributed by atoms with van der Waals surface area (Å²) in [5, 5.41) is 2.77. The van der Waals surface area contributed by atoms with Gasteiger partial charge in [-0.3, -0.25) is 4.79 Å². The van der Waals surface area contributed by atoms with Crippen molar-refractivity contribution in [3.63, 3.8) is 0 Å². The number of carbonyl (C=O) groups is 1. The summed E-state index contributed by atoms with van der Waals surface area (Å²) in [6, 6.07) is 12.7. The lowest BCUT2D eigenvalue weighted by atomic mass is 10.2. The van der Waals surface area contributed by atoms with E-state index in [0.29, 0.717) is 12.3 Å². The highest BCUT2D eigenvalue weighted by molar-refractivity contribution is 7.99. The Hall–Kier alpha value is -1.90. The third-order valence-electron chi connectivity index (χ3n) is 3.58. The fourth-order valence-corrected chi connectivity index (χ4v) is 3.90. The van der Waals surface area contributed by atoms with E-state index in [1.807, 2.05) is 6.07 Å². The molecular formula is C18H21FN2O3S2. The number of nitrogens with one attached hydrogen (secondary N) is 1. The maximum Gasteiger partial charge on any atom is 0.242 e. The largest absolute Gasteiger partial charge is 0.351 e. The summed E-state index contributed by atoms with van der Waals surface area (Å²) in [5.74, 6) is 0.345. The summed E-state index contributed by atoms with van der Waals surface area (Å²) in [6.07, 6.45) is 0. The van der Waals surface area contributed by atoms with E-state index in [1.165, 1.54) is 42.3 Å². The van der Waals surface area contributed by atoms with Crippen LogP contribution in [0.15, 0.2) is 53.4 Å². The van der Waals surface area contributed by atoms with Gasteiger partial charge >= 0.3 is 0 Å². The third kappa shape index (κ3) is 5.82. The van der Waals surface area contributed by atoms with Crippen LogP contribution < -0.4 is 5.32 Å². The number of carbonyl (C=O) groups excluding carboxylic acids is 1. The number of nitrogens with zero attached hydrogens (tertiary/aromatic N) is 1. The minimum Gasteiger partial charge on any atom is -0.351 e. The van der Waals surface area contributed by atoms with Crippen LogP contribution in [0.3, 0.4) is 0 Å². The zero-order valence-corrected chi connectivity index (χ0v) is 16.2. The summed E-state index contributed by atoms with van der Waals surface area (Å²) >= 11 is 1.40. The van der Waals surface area contributed by atoms with Crippen molar-refractivity contribution in [1.82, 2.24) is 9.62 Å². The minimum absolute atomic E-state index is 0.128. The van der Waals surface area contributed by atoms with Gasteiger partial charge in [0, 0.05) is 26.4 Å². The lowest BCUT2D eigenvalue weighted by Gasteiger charge is -2.12. The first-order chi connectivity index (χ1) is 12.3. The van der Waals surface area contributed by atoms with Crippen LogP contribution >= 0.6 is 11.8 Å². The molecule has 2 rings (SSSR count). The molecule has 26 heavy (non-hydrogen) atoms. The van der Waals surface area contributed by atoms with Crippen molar-refractivity contribution in [3.05, 3.63) is 65.5 Å². The van der Waals surface area contributed by atoms with Crippen LogP contribution in [0, 0.1) is 5.82 Å². The molecule has 1 N–H and O–H groups in total. The molecule has 1 amide bonds. The molecule has 0 saturated carbocycles. The smallest absolute Gasteiger partial charge is 0.242 e. The molecular weight excluding hydrogens is 375 g/mol. The molecule has 0 saturated heterocycles. The predicted octanol–water partition coefficient (Wildman–Crippen LogP) is 2.63. The number of sulfonamides is 1. The Morgan fingerprint density at radius 3 is 2.46 bits per heavy atom. The molecule has 0 heterocycles. The topological polar surface area (TPSA) is 66.5 Å². The van der Waals surface area contributed by atoms with Crippen molar-refractivity contribution in [3.8, 4) is 0 Å². The maximum absolute atomic E-state index is 12.8. The number of halogens is 1. The standard InChI is InChI=1S/C18H21FN2O3S2/c1-21(2)26(23,24)17-5-3-4-15(10-17)12-25-13-18(22)20-11-14-6-8-16(19)9-7-14/h3-10H,11-13H2,1-2H3,(H,20,22). The number of rotatable bonds is 8. The average molecular weight is 397 g/mol. The SMILES string of the molecule is CN(C)S(=O)(=O)c1cccc(CSCC(=O)NCc2ccc(F)cc2)c1. The second kappa shape index (κ2) is 9.16. The molecule has 5 nitrogen and oxygen atoms in total. The van der Waals surface area contributed by atoms with E-state index in [9.17, 15) is 17.6 Å². The molecule has 8 heteroatoms. The molecule has 2 aromatic rings. The number of thioether (sulfide) groups is 1. The zero-order chi connectivity index (χ0) is 19.2. The van der Waals surface area contributed by atoms with E-state index in [0.717, 1.165) is 11.1 Å². The summed E-state index contributed by atoms with van der Waals surface area (Å²) in [5.41, 5.74) is 1.66. The molecule has 0 atom stereocenters. The van der Waals surface area contributed by atoms with Crippen LogP contribution in [-0.2, 0) is 27.1 Å². The van der Waals surface area contributed by atoms with E-state index < -0.39 is 10.0 Å². The first-order valence-electron chi connectivity index (χ1n) is 7.89. The molecule has 140 valence electrons. The highest BCUT2D eigenvalue weighted by Crippen LogP contribution is 2.18. The van der Waals surface area contributed by atoms with E-state index in [1.54, 1.807) is 30.3 Å². The van der Waals surface area contributed by atoms with Crippen LogP contribution in [0.5, 0.6) is 0 Å². The third-order valence-corrected chi connectivity index (χ3v) is 6.40. The minimum atomic E-state index is -3.47. The predicted molar refractivity (Wildman–Crippen MR) is 102 cm³/mol. The first-order valence-corrected chi connectivity index (χ1v) is 10.5. The van der Waals surface area contributed by atoms with Gasteiger partial charge in [-0.05, 0) is 35.4 Å². The van der Waals surface area contributed by atoms with Crippen molar-refractivity contribution in [2.75, 3.05) is 19.8 Å². The normalized spacial score (nSPS) is 11.5. The van der Waals surface area contributed by atoms with E-state index in [2.05, 4.69) is 5.32 Å². The van der Waals surface area contributed by atoms with E-state index in [4.69, 9.17) is 0 Å². The summed E-state index contributed by atoms with van der Waals surface area (Å²) < 4.78 is 38.3. The molecule has 0 unspecified atom stereocenters. The van der Waals surface area contributed by atoms with Gasteiger partial charge in [-0.25, -0.2) is 17.1 Å². The highest BCUT2D eigenvalue weighted by Gasteiger charge is 2.17. The van der Waals surface area contributed by atoms with Gasteiger partial charge in [0.15, 0.2) is 0 Å². The molecule has 0 aliphatic heterocycles. The fraction of sp³-hybridized carbons (Fsp3) is 0.278. The number of benzene rings is 2. The van der Waals surface area contributed by atoms with Crippen LogP contribution in [0.4, 0.5) is 4.39 Å². The van der Waals surface area contributed by atoms with Crippen molar-refractivity contribution in [2.24, 2.45) is 0 Å². The summed E-state index contributed by atoms with van der Waals surface area (Å²) in [4.78, 5) is 12.1. The molecule has 0 fully saturated rings. The van der Waals surface area contributed by atoms with Gasteiger partial charge in [-0.15, -0.1) is 11.8 Å². The van der Waals surface area contributed by atoms with Crippen LogP contribution in [-0.4, -0.2) is 38.5 Å². The Bertz CT molecular complexity index is 853. The molecule has 0 radical (unpaired) electrons. The van der Waals surface area contributed by atoms with Gasteiger partial charge in [0.2, 0.25) is 15.9 Å². The molecule has 0 aromatic heterocycles. The molecule has 0 bridgehead atoms. The quantitative estimate of drug-likeness (QED) is 0.745. The van der Waals surface area contributed by atoms with Crippen molar-refractivity contribution >= 4 is 27.7 Å². The number of hydrogen-bond acceptors (Lipinski definition) is 4. The zero-order valence-electron chi connectivity index (χ0n) is 14.6. The van der Waals surface area contributed by atoms with Crippen molar-refractivity contribution < 1.29 is 17.6 Å². The monoisotopic (exact) mass is 396 g/mol. The second-order valence-electron chi connectivity index (χ2n) is 5.83. The summed E-state index contributed by atoms with van der Waals surface area (Å²) in [7, 11) is -0.488. The molecule has 0 aliphatic rings. The van der Waals surface area contributed by atoms with Crippen LogP contribution in [0.25, 0.3) is 0 Å². The Balaban J connectivity index is 1.82. The van der Waals surface area contributed by atoms with Crippen LogP contribution in [0.2, 0.25) is 0 Å². The maximum atomic E-state index is 12.8. The lowest BCUT2D eigenvalue weighted by molar-refractivity contribution is -0.118. The average Bonchev–Trinajstić information content (AvgIpc) is 2.61. The van der Waals surface area contributed by atoms with Gasteiger partial charge in [0.25, 0.3) is 0 Å². The second-order valence-corrected chi connectivity index (χ2v) is 8.97. The van der Waals surface area contributed by atoms with E-state index >= 15 is 0 Å². The van der Waals surface area contributed by atoms with E-state index in [-0.39, 0.29) is 22.4 Å². The van der Waals surface area contributed by atoms with Gasteiger partial charge in [0.05, 0.1) is 10.6 Å². The molecule has 0 spiro atoms. The number of amides is 1. The molecule has 2 aromatic carbocycles. The van der Waals surface area contributed by atoms with Crippen LogP contribution in [0.1, 0.15) is 11.1 Å². The van der Waals surface area contributed by atoms with Gasteiger partial charge in [-0.1, -0.05) is 24.3 Å². The Kier molecular flexibility index (Phi) is 7.19. The van der Waals surface area contributed by atoms with Crippen molar-refractivity contribution in [1.29, 1.82) is 0 Å². The molecule has 0 aliphatic carbocycles. The van der Waals surface area contributed by atoms with Gasteiger partial charge in [-0.2, -0.15) is 0 Å².